The van der Waals surface area contributed by atoms with Gasteiger partial charge in [0, 0.05) is 22.5 Å². The Morgan fingerprint density at radius 3 is 2.65 bits per heavy atom. The first-order valence-electron chi connectivity index (χ1n) is 6.89. The molecule has 2 aromatic rings. The van der Waals surface area contributed by atoms with E-state index in [1.165, 1.54) is 19.8 Å². The van der Waals surface area contributed by atoms with Gasteiger partial charge in [-0.05, 0) is 52.0 Å². The van der Waals surface area contributed by atoms with Gasteiger partial charge in [0.1, 0.15) is 0 Å². The molecule has 0 atom stereocenters. The molecule has 0 aliphatic carbocycles. The molecule has 5 heteroatoms. The second-order valence-electron chi connectivity index (χ2n) is 6.59. The quantitative estimate of drug-likeness (QED) is 0.582. The highest BCUT2D eigenvalue weighted by Crippen LogP contribution is 2.30. The van der Waals surface area contributed by atoms with Crippen LogP contribution in [-0.4, -0.2) is 37.5 Å². The van der Waals surface area contributed by atoms with E-state index in [4.69, 9.17) is 0 Å². The molecule has 20 heavy (non-hydrogen) atoms. The Labute approximate surface area is 133 Å². The molecule has 0 fully saturated rings. The molecular weight excluding hydrogens is 379 g/mol. The van der Waals surface area contributed by atoms with Crippen molar-refractivity contribution in [2.45, 2.75) is 26.1 Å². The molecule has 2 heterocycles. The van der Waals surface area contributed by atoms with Gasteiger partial charge in [0.15, 0.2) is 0 Å². The molecule has 1 amide bonds. The fourth-order valence-electron chi connectivity index (χ4n) is 2.74. The Morgan fingerprint density at radius 1 is 1.30 bits per heavy atom. The van der Waals surface area contributed by atoms with Gasteiger partial charge in [0.05, 0.1) is 19.2 Å². The first-order chi connectivity index (χ1) is 9.29. The van der Waals surface area contributed by atoms with Crippen LogP contribution in [0.5, 0.6) is 0 Å². The van der Waals surface area contributed by atoms with Gasteiger partial charge in [-0.1, -0.05) is 19.6 Å². The minimum absolute atomic E-state index is 0.152. The summed E-state index contributed by atoms with van der Waals surface area (Å²) in [6.45, 7) is 7.78. The highest BCUT2D eigenvalue weighted by atomic mass is 127. The fraction of sp³-hybridized carbons (Fsp3) is 0.400. The molecule has 3 rings (SSSR count). The summed E-state index contributed by atoms with van der Waals surface area (Å²) in [7, 11) is 0.487. The van der Waals surface area contributed by atoms with Crippen molar-refractivity contribution in [1.82, 2.24) is 9.88 Å². The topological polar surface area (TPSA) is 36.1 Å². The number of halogens is 1. The number of nitrogens with one attached hydrogen (secondary N) is 1. The zero-order valence-corrected chi connectivity index (χ0v) is 15.5. The van der Waals surface area contributed by atoms with Crippen LogP contribution in [0.15, 0.2) is 12.1 Å². The number of benzene rings is 1. The predicted molar refractivity (Wildman–Crippen MR) is 94.7 cm³/mol. The van der Waals surface area contributed by atoms with Gasteiger partial charge >= 0.3 is 0 Å². The molecule has 1 aliphatic rings. The Bertz CT molecular complexity index is 715. The fourth-order valence-corrected chi connectivity index (χ4v) is 4.70. The summed E-state index contributed by atoms with van der Waals surface area (Å²) in [4.78, 5) is 17.9. The van der Waals surface area contributed by atoms with Gasteiger partial charge in [-0.25, -0.2) is 0 Å². The van der Waals surface area contributed by atoms with E-state index in [-0.39, 0.29) is 5.91 Å². The van der Waals surface area contributed by atoms with Gasteiger partial charge < -0.3 is 9.88 Å². The van der Waals surface area contributed by atoms with Crippen molar-refractivity contribution < 1.29 is 4.79 Å². The van der Waals surface area contributed by atoms with Gasteiger partial charge in [-0.2, -0.15) is 0 Å². The maximum absolute atomic E-state index is 12.6. The van der Waals surface area contributed by atoms with Crippen LogP contribution in [0.2, 0.25) is 19.6 Å². The Morgan fingerprint density at radius 2 is 2.00 bits per heavy atom. The van der Waals surface area contributed by atoms with Crippen molar-refractivity contribution in [3.05, 3.63) is 26.8 Å². The molecule has 0 radical (unpaired) electrons. The van der Waals surface area contributed by atoms with Crippen molar-refractivity contribution in [1.29, 1.82) is 0 Å². The third-order valence-electron chi connectivity index (χ3n) is 4.04. The van der Waals surface area contributed by atoms with E-state index in [9.17, 15) is 4.79 Å². The van der Waals surface area contributed by atoms with Crippen LogP contribution < -0.4 is 5.32 Å². The zero-order valence-electron chi connectivity index (χ0n) is 12.3. The van der Waals surface area contributed by atoms with Crippen molar-refractivity contribution in [3.63, 3.8) is 0 Å². The van der Waals surface area contributed by atoms with Crippen LogP contribution in [0.1, 0.15) is 15.9 Å². The van der Waals surface area contributed by atoms with E-state index < -0.39 is 8.07 Å². The summed E-state index contributed by atoms with van der Waals surface area (Å²) < 4.78 is 1.22. The van der Waals surface area contributed by atoms with E-state index in [1.807, 2.05) is 11.9 Å². The lowest BCUT2D eigenvalue weighted by Gasteiger charge is -2.26. The lowest BCUT2D eigenvalue weighted by Crippen LogP contribution is -2.38. The highest BCUT2D eigenvalue weighted by molar-refractivity contribution is 14.1. The summed E-state index contributed by atoms with van der Waals surface area (Å²) in [6.07, 6.45) is 0.951. The van der Waals surface area contributed by atoms with Crippen LogP contribution in [0, 0.1) is 3.57 Å². The Hall–Kier alpha value is -0.823. The summed E-state index contributed by atoms with van der Waals surface area (Å²) in [5.41, 5.74) is 3.14. The maximum atomic E-state index is 12.6. The lowest BCUT2D eigenvalue weighted by molar-refractivity contribution is 0.0782. The Kier molecular flexibility index (Phi) is 3.24. The second kappa shape index (κ2) is 4.59. The Balaban J connectivity index is 2.33. The number of rotatable bonds is 1. The van der Waals surface area contributed by atoms with Gasteiger partial charge in [0.2, 0.25) is 0 Å². The largest absolute Gasteiger partial charge is 0.362 e. The number of hydrogen-bond donors (Lipinski definition) is 1. The number of likely N-dealkylation sites (N-methyl/N-ethyl adjacent to an activating group) is 1. The van der Waals surface area contributed by atoms with E-state index in [2.05, 4.69) is 59.3 Å². The molecule has 0 bridgehead atoms. The molecule has 0 saturated heterocycles. The number of H-pyrrole nitrogens is 1. The zero-order chi connectivity index (χ0) is 14.7. The number of nitrogens with zero attached hydrogens (tertiary/aromatic N) is 1. The minimum Gasteiger partial charge on any atom is -0.362 e. The van der Waals surface area contributed by atoms with E-state index >= 15 is 0 Å². The SMILES string of the molecule is CN1CCc2c(I)cc3cc([Si](C)(C)C)[nH]c3c2C1=O. The summed E-state index contributed by atoms with van der Waals surface area (Å²) >= 11 is 2.37. The third kappa shape index (κ3) is 2.11. The molecule has 0 saturated carbocycles. The number of aromatic amines is 1. The van der Waals surface area contributed by atoms with Gasteiger partial charge in [-0.15, -0.1) is 0 Å². The van der Waals surface area contributed by atoms with E-state index in [0.717, 1.165) is 24.0 Å². The number of hydrogen-bond acceptors (Lipinski definition) is 1. The summed E-state index contributed by atoms with van der Waals surface area (Å²) in [5, 5.41) is 2.49. The van der Waals surface area contributed by atoms with Crippen molar-refractivity contribution in [2.24, 2.45) is 0 Å². The number of carbonyl (C=O) groups excluding carboxylic acids is 1. The average Bonchev–Trinajstić information content (AvgIpc) is 2.76. The molecule has 1 aromatic heterocycles. The van der Waals surface area contributed by atoms with Crippen LogP contribution in [0.3, 0.4) is 0 Å². The first kappa shape index (κ1) is 14.1. The first-order valence-corrected chi connectivity index (χ1v) is 11.5. The summed E-state index contributed by atoms with van der Waals surface area (Å²) in [5.74, 6) is 0.152. The number of amides is 1. The van der Waals surface area contributed by atoms with Crippen molar-refractivity contribution >= 4 is 52.8 Å². The number of aromatic nitrogens is 1. The number of carbonyl (C=O) groups is 1. The molecule has 1 aromatic carbocycles. The maximum Gasteiger partial charge on any atom is 0.256 e. The molecule has 1 N–H and O–H groups in total. The normalized spacial score (nSPS) is 15.8. The molecular formula is C15H19IN2OSi. The minimum atomic E-state index is -1.40. The smallest absolute Gasteiger partial charge is 0.256 e. The monoisotopic (exact) mass is 398 g/mol. The van der Waals surface area contributed by atoms with Crippen molar-refractivity contribution in [3.8, 4) is 0 Å². The molecule has 106 valence electrons. The summed E-state index contributed by atoms with van der Waals surface area (Å²) in [6, 6.07) is 4.46. The molecule has 0 unspecified atom stereocenters. The lowest BCUT2D eigenvalue weighted by atomic mass is 9.97. The van der Waals surface area contributed by atoms with E-state index in [0.29, 0.717) is 0 Å². The van der Waals surface area contributed by atoms with Crippen LogP contribution in [-0.2, 0) is 6.42 Å². The van der Waals surface area contributed by atoms with Gasteiger partial charge in [0.25, 0.3) is 5.91 Å². The van der Waals surface area contributed by atoms with Gasteiger partial charge in [-0.3, -0.25) is 4.79 Å². The average molecular weight is 398 g/mol. The standard InChI is InChI=1S/C15H19IN2OSi/c1-18-6-5-10-11(16)7-9-8-12(20(2,3)4)17-14(9)13(10)15(18)19/h7-8,17H,5-6H2,1-4H3. The highest BCUT2D eigenvalue weighted by Gasteiger charge is 2.28. The van der Waals surface area contributed by atoms with Crippen LogP contribution in [0.4, 0.5) is 0 Å². The van der Waals surface area contributed by atoms with Crippen LogP contribution in [0.25, 0.3) is 10.9 Å². The van der Waals surface area contributed by atoms with Crippen LogP contribution >= 0.6 is 22.6 Å². The molecule has 3 nitrogen and oxygen atoms in total. The predicted octanol–water partition coefficient (Wildman–Crippen LogP) is 2.95. The van der Waals surface area contributed by atoms with E-state index in [1.54, 1.807) is 0 Å². The number of fused-ring (bicyclic) bond motifs is 3. The molecule has 1 aliphatic heterocycles. The molecule has 0 spiro atoms. The second-order valence-corrected chi connectivity index (χ2v) is 12.8. The third-order valence-corrected chi connectivity index (χ3v) is 6.88. The van der Waals surface area contributed by atoms with Crippen molar-refractivity contribution in [2.75, 3.05) is 13.6 Å².